The van der Waals surface area contributed by atoms with Gasteiger partial charge >= 0.3 is 0 Å². The maximum Gasteiger partial charge on any atom is 0.0448 e. The van der Waals surface area contributed by atoms with Crippen molar-refractivity contribution in [1.82, 2.24) is 5.32 Å². The molecule has 0 amide bonds. The molecule has 0 heterocycles. The molecule has 0 aliphatic rings. The van der Waals surface area contributed by atoms with E-state index in [9.17, 15) is 0 Å². The van der Waals surface area contributed by atoms with Crippen LogP contribution in [0.1, 0.15) is 59.3 Å². The van der Waals surface area contributed by atoms with E-state index in [1.807, 2.05) is 0 Å². The molecule has 0 saturated carbocycles. The van der Waals surface area contributed by atoms with Crippen LogP contribution in [0.5, 0.6) is 0 Å². The molecule has 0 fully saturated rings. The van der Waals surface area contributed by atoms with Crippen molar-refractivity contribution in [2.45, 2.75) is 64.8 Å². The fraction of sp³-hybridized carbons (Fsp3) is 1.00. The second-order valence-corrected chi connectivity index (χ2v) is 4.70. The molecule has 2 N–H and O–H groups in total. The van der Waals surface area contributed by atoms with E-state index >= 15 is 0 Å². The Morgan fingerprint density at radius 1 is 1.07 bits per heavy atom. The summed E-state index contributed by atoms with van der Waals surface area (Å²) in [6.07, 6.45) is 7.45. The molecule has 86 valence electrons. The van der Waals surface area contributed by atoms with Crippen molar-refractivity contribution in [1.29, 1.82) is 0 Å². The predicted molar refractivity (Wildman–Crippen MR) is 62.5 cm³/mol. The van der Waals surface area contributed by atoms with Crippen LogP contribution in [0, 0.1) is 0 Å². The summed E-state index contributed by atoms with van der Waals surface area (Å²) in [5.74, 6) is 0. The lowest BCUT2D eigenvalue weighted by Crippen LogP contribution is -2.40. The summed E-state index contributed by atoms with van der Waals surface area (Å²) < 4.78 is 0. The lowest BCUT2D eigenvalue weighted by atomic mass is 10.0. The molecule has 2 nitrogen and oxygen atoms in total. The van der Waals surface area contributed by atoms with E-state index < -0.39 is 0 Å². The van der Waals surface area contributed by atoms with Crippen LogP contribution >= 0.6 is 0 Å². The van der Waals surface area contributed by atoms with Gasteiger partial charge in [0.05, 0.1) is 0 Å². The van der Waals surface area contributed by atoms with Crippen LogP contribution in [0.2, 0.25) is 0 Å². The van der Waals surface area contributed by atoms with Gasteiger partial charge in [-0.25, -0.2) is 0 Å². The Labute approximate surface area is 89.1 Å². The molecule has 14 heavy (non-hydrogen) atoms. The van der Waals surface area contributed by atoms with Gasteiger partial charge in [0.25, 0.3) is 0 Å². The van der Waals surface area contributed by atoms with Crippen LogP contribution in [-0.4, -0.2) is 23.8 Å². The fourth-order valence-electron chi connectivity index (χ4n) is 1.52. The van der Waals surface area contributed by atoms with Crippen LogP contribution in [0.25, 0.3) is 0 Å². The topological polar surface area (TPSA) is 32.3 Å². The molecular weight excluding hydrogens is 174 g/mol. The molecule has 0 atom stereocenters. The van der Waals surface area contributed by atoms with E-state index in [1.165, 1.54) is 32.1 Å². The summed E-state index contributed by atoms with van der Waals surface area (Å²) in [6.45, 7) is 7.89. The second-order valence-electron chi connectivity index (χ2n) is 4.70. The van der Waals surface area contributed by atoms with E-state index in [1.54, 1.807) is 0 Å². The van der Waals surface area contributed by atoms with Crippen LogP contribution in [0.15, 0.2) is 0 Å². The molecular formula is C12H27NO. The first-order chi connectivity index (χ1) is 6.62. The van der Waals surface area contributed by atoms with Crippen LogP contribution in [0.4, 0.5) is 0 Å². The Morgan fingerprint density at radius 2 is 1.71 bits per heavy atom. The van der Waals surface area contributed by atoms with Crippen LogP contribution in [0.3, 0.4) is 0 Å². The van der Waals surface area contributed by atoms with Crippen molar-refractivity contribution >= 4 is 0 Å². The van der Waals surface area contributed by atoms with Gasteiger partial charge < -0.3 is 10.4 Å². The molecule has 0 aromatic rings. The largest absolute Gasteiger partial charge is 0.396 e. The number of hydrogen-bond donors (Lipinski definition) is 2. The minimum Gasteiger partial charge on any atom is -0.396 e. The minimum atomic E-state index is 0.0967. The summed E-state index contributed by atoms with van der Waals surface area (Å²) in [6, 6.07) is 0. The predicted octanol–water partition coefficient (Wildman–Crippen LogP) is 2.71. The molecule has 0 radical (unpaired) electrons. The number of aliphatic hydroxyl groups excluding tert-OH is 1. The van der Waals surface area contributed by atoms with Crippen molar-refractivity contribution in [3.8, 4) is 0 Å². The van der Waals surface area contributed by atoms with Gasteiger partial charge in [-0.05, 0) is 33.2 Å². The van der Waals surface area contributed by atoms with E-state index in [-0.39, 0.29) is 12.1 Å². The van der Waals surface area contributed by atoms with E-state index in [0.717, 1.165) is 13.0 Å². The molecule has 0 spiro atoms. The lowest BCUT2D eigenvalue weighted by Gasteiger charge is -2.25. The van der Waals surface area contributed by atoms with Gasteiger partial charge in [0.2, 0.25) is 0 Å². The SMILES string of the molecule is CCCCCCCNC(C)(C)CCO. The van der Waals surface area contributed by atoms with E-state index in [2.05, 4.69) is 26.1 Å². The van der Waals surface area contributed by atoms with Crippen molar-refractivity contribution in [3.63, 3.8) is 0 Å². The summed E-state index contributed by atoms with van der Waals surface area (Å²) in [5, 5.41) is 12.3. The molecule has 0 unspecified atom stereocenters. The zero-order chi connectivity index (χ0) is 10.9. The van der Waals surface area contributed by atoms with E-state index in [4.69, 9.17) is 5.11 Å². The first-order valence-electron chi connectivity index (χ1n) is 5.98. The molecule has 0 aromatic carbocycles. The van der Waals surface area contributed by atoms with Gasteiger partial charge in [0, 0.05) is 12.1 Å². The van der Waals surface area contributed by atoms with Gasteiger partial charge in [0.15, 0.2) is 0 Å². The lowest BCUT2D eigenvalue weighted by molar-refractivity contribution is 0.230. The van der Waals surface area contributed by atoms with Gasteiger partial charge in [-0.2, -0.15) is 0 Å². The van der Waals surface area contributed by atoms with Crippen molar-refractivity contribution in [2.75, 3.05) is 13.2 Å². The normalized spacial score (nSPS) is 12.0. The highest BCUT2D eigenvalue weighted by atomic mass is 16.3. The van der Waals surface area contributed by atoms with Crippen molar-refractivity contribution in [3.05, 3.63) is 0 Å². The molecule has 2 heteroatoms. The highest BCUT2D eigenvalue weighted by Crippen LogP contribution is 2.08. The highest BCUT2D eigenvalue weighted by molar-refractivity contribution is 4.76. The summed E-state index contributed by atoms with van der Waals surface area (Å²) in [5.41, 5.74) is 0.0967. The maximum atomic E-state index is 8.83. The third-order valence-electron chi connectivity index (χ3n) is 2.62. The van der Waals surface area contributed by atoms with Gasteiger partial charge in [0.1, 0.15) is 0 Å². The molecule has 0 aromatic heterocycles. The second kappa shape index (κ2) is 8.25. The Bertz CT molecular complexity index is 123. The Hall–Kier alpha value is -0.0800. The minimum absolute atomic E-state index is 0.0967. The number of unbranched alkanes of at least 4 members (excludes halogenated alkanes) is 4. The molecule has 0 aliphatic heterocycles. The Morgan fingerprint density at radius 3 is 2.29 bits per heavy atom. The average molecular weight is 201 g/mol. The van der Waals surface area contributed by atoms with Gasteiger partial charge in [-0.15, -0.1) is 0 Å². The number of hydrogen-bond acceptors (Lipinski definition) is 2. The summed E-state index contributed by atoms with van der Waals surface area (Å²) >= 11 is 0. The number of nitrogens with one attached hydrogen (secondary N) is 1. The first kappa shape index (κ1) is 13.9. The fourth-order valence-corrected chi connectivity index (χ4v) is 1.52. The third-order valence-corrected chi connectivity index (χ3v) is 2.62. The quantitative estimate of drug-likeness (QED) is 0.562. The first-order valence-corrected chi connectivity index (χ1v) is 5.98. The van der Waals surface area contributed by atoms with Crippen molar-refractivity contribution in [2.24, 2.45) is 0 Å². The number of aliphatic hydroxyl groups is 1. The zero-order valence-corrected chi connectivity index (χ0v) is 10.1. The number of rotatable bonds is 9. The summed E-state index contributed by atoms with van der Waals surface area (Å²) in [4.78, 5) is 0. The molecule has 0 saturated heterocycles. The molecule has 0 bridgehead atoms. The summed E-state index contributed by atoms with van der Waals surface area (Å²) in [7, 11) is 0. The van der Waals surface area contributed by atoms with Gasteiger partial charge in [-0.3, -0.25) is 0 Å². The molecule has 0 rings (SSSR count). The standard InChI is InChI=1S/C12H27NO/c1-4-5-6-7-8-10-13-12(2,3)9-11-14/h13-14H,4-11H2,1-3H3. The van der Waals surface area contributed by atoms with Crippen molar-refractivity contribution < 1.29 is 5.11 Å². The van der Waals surface area contributed by atoms with Crippen LogP contribution in [-0.2, 0) is 0 Å². The molecule has 0 aliphatic carbocycles. The Kier molecular flexibility index (Phi) is 8.20. The monoisotopic (exact) mass is 201 g/mol. The third kappa shape index (κ3) is 8.52. The average Bonchev–Trinajstić information content (AvgIpc) is 2.11. The highest BCUT2D eigenvalue weighted by Gasteiger charge is 2.14. The van der Waals surface area contributed by atoms with Crippen LogP contribution < -0.4 is 5.32 Å². The van der Waals surface area contributed by atoms with Gasteiger partial charge in [-0.1, -0.05) is 32.6 Å². The zero-order valence-electron chi connectivity index (χ0n) is 10.1. The van der Waals surface area contributed by atoms with E-state index in [0.29, 0.717) is 0 Å². The Balaban J connectivity index is 3.26. The smallest absolute Gasteiger partial charge is 0.0448 e. The maximum absolute atomic E-state index is 8.83.